The monoisotopic (exact) mass is 171 g/mol. The van der Waals surface area contributed by atoms with E-state index in [1.165, 1.54) is 0 Å². The Bertz CT molecular complexity index is 170. The number of hydrogen-bond donors (Lipinski definition) is 2. The van der Waals surface area contributed by atoms with Gasteiger partial charge in [-0.25, -0.2) is 0 Å². The zero-order chi connectivity index (χ0) is 9.14. The highest BCUT2D eigenvalue weighted by Gasteiger charge is 2.26. The summed E-state index contributed by atoms with van der Waals surface area (Å²) in [6.45, 7) is 3.37. The predicted octanol–water partition coefficient (Wildman–Crippen LogP) is -0.846. The fourth-order valence-electron chi connectivity index (χ4n) is 1.48. The molecule has 1 amide bonds. The summed E-state index contributed by atoms with van der Waals surface area (Å²) >= 11 is 0. The molecule has 1 aliphatic rings. The fraction of sp³-hybridized carbons (Fsp3) is 0.875. The average molecular weight is 171 g/mol. The zero-order valence-electron chi connectivity index (χ0n) is 7.71. The predicted molar refractivity (Wildman–Crippen MR) is 47.7 cm³/mol. The number of nitrogens with zero attached hydrogens (tertiary/aromatic N) is 1. The lowest BCUT2D eigenvalue weighted by Crippen LogP contribution is -2.42. The molecular weight excluding hydrogens is 154 g/mol. The Hall–Kier alpha value is -0.610. The van der Waals surface area contributed by atoms with Gasteiger partial charge in [-0.3, -0.25) is 4.79 Å². The Kier molecular flexibility index (Phi) is 3.05. The third-order valence-electron chi connectivity index (χ3n) is 2.30. The van der Waals surface area contributed by atoms with Crippen LogP contribution < -0.4 is 11.1 Å². The maximum Gasteiger partial charge on any atom is 0.239 e. The molecule has 0 aromatic rings. The van der Waals surface area contributed by atoms with E-state index in [1.54, 1.807) is 6.92 Å². The van der Waals surface area contributed by atoms with Gasteiger partial charge in [0.05, 0.1) is 6.04 Å². The third-order valence-corrected chi connectivity index (χ3v) is 2.30. The smallest absolute Gasteiger partial charge is 0.239 e. The van der Waals surface area contributed by atoms with Gasteiger partial charge >= 0.3 is 0 Å². The molecule has 0 bridgehead atoms. The van der Waals surface area contributed by atoms with Crippen LogP contribution in [0.3, 0.4) is 0 Å². The average Bonchev–Trinajstić information content (AvgIpc) is 2.50. The summed E-state index contributed by atoms with van der Waals surface area (Å²) in [7, 11) is 1.92. The zero-order valence-corrected chi connectivity index (χ0v) is 7.71. The lowest BCUT2D eigenvalue weighted by Gasteiger charge is -2.18. The second-order valence-electron chi connectivity index (χ2n) is 3.35. The van der Waals surface area contributed by atoms with Crippen LogP contribution in [0.2, 0.25) is 0 Å². The van der Waals surface area contributed by atoms with E-state index in [0.29, 0.717) is 6.04 Å². The summed E-state index contributed by atoms with van der Waals surface area (Å²) < 4.78 is 0. The minimum Gasteiger partial charge on any atom is -0.340 e. The molecular formula is C8H17N3O. The maximum absolute atomic E-state index is 11.4. The molecule has 1 saturated heterocycles. The molecule has 70 valence electrons. The lowest BCUT2D eigenvalue weighted by molar-refractivity contribution is -0.131. The van der Waals surface area contributed by atoms with Crippen LogP contribution in [0.1, 0.15) is 13.3 Å². The Morgan fingerprint density at radius 2 is 2.42 bits per heavy atom. The van der Waals surface area contributed by atoms with E-state index >= 15 is 0 Å². The normalized spacial score (nSPS) is 25.9. The van der Waals surface area contributed by atoms with E-state index in [0.717, 1.165) is 19.5 Å². The van der Waals surface area contributed by atoms with E-state index in [2.05, 4.69) is 5.32 Å². The van der Waals surface area contributed by atoms with Crippen LogP contribution in [-0.4, -0.2) is 43.0 Å². The quantitative estimate of drug-likeness (QED) is 0.569. The number of carbonyl (C=O) groups is 1. The van der Waals surface area contributed by atoms with Crippen LogP contribution in [0.25, 0.3) is 0 Å². The summed E-state index contributed by atoms with van der Waals surface area (Å²) in [6, 6.07) is 0.0910. The molecule has 0 aromatic carbocycles. The molecule has 1 fully saturated rings. The Morgan fingerprint density at radius 3 is 2.83 bits per heavy atom. The standard InChI is InChI=1S/C8H17N3O/c1-6(9)8(12)11-4-3-7(5-11)10-2/h6-7,10H,3-5,9H2,1-2H3/t6-,7?/m1/s1. The van der Waals surface area contributed by atoms with Crippen LogP contribution in [0.5, 0.6) is 0 Å². The Morgan fingerprint density at radius 1 is 1.75 bits per heavy atom. The highest BCUT2D eigenvalue weighted by Crippen LogP contribution is 2.09. The molecule has 4 nitrogen and oxygen atoms in total. The summed E-state index contributed by atoms with van der Waals surface area (Å²) in [5.74, 6) is 0.0627. The molecule has 4 heteroatoms. The van der Waals surface area contributed by atoms with E-state index < -0.39 is 0 Å². The van der Waals surface area contributed by atoms with Crippen LogP contribution in [-0.2, 0) is 4.79 Å². The van der Waals surface area contributed by atoms with Crippen molar-refractivity contribution in [2.45, 2.75) is 25.4 Å². The molecule has 3 N–H and O–H groups in total. The van der Waals surface area contributed by atoms with Crippen LogP contribution in [0.15, 0.2) is 0 Å². The van der Waals surface area contributed by atoms with Gasteiger partial charge in [0, 0.05) is 19.1 Å². The maximum atomic E-state index is 11.4. The first-order chi connectivity index (χ1) is 5.65. The molecule has 0 aromatic heterocycles. The minimum absolute atomic E-state index is 0.0627. The lowest BCUT2D eigenvalue weighted by atomic mass is 10.3. The fourth-order valence-corrected chi connectivity index (χ4v) is 1.48. The van der Waals surface area contributed by atoms with Crippen molar-refractivity contribution >= 4 is 5.91 Å². The third kappa shape index (κ3) is 1.95. The molecule has 0 saturated carbocycles. The van der Waals surface area contributed by atoms with Crippen molar-refractivity contribution in [3.63, 3.8) is 0 Å². The van der Waals surface area contributed by atoms with Crippen molar-refractivity contribution in [3.05, 3.63) is 0 Å². The highest BCUT2D eigenvalue weighted by atomic mass is 16.2. The number of nitrogens with one attached hydrogen (secondary N) is 1. The van der Waals surface area contributed by atoms with Crippen LogP contribution >= 0.6 is 0 Å². The molecule has 12 heavy (non-hydrogen) atoms. The second kappa shape index (κ2) is 3.87. The summed E-state index contributed by atoms with van der Waals surface area (Å²) in [6.07, 6.45) is 1.04. The molecule has 0 spiro atoms. The number of carbonyl (C=O) groups excluding carboxylic acids is 1. The van der Waals surface area contributed by atoms with E-state index in [1.807, 2.05) is 11.9 Å². The van der Waals surface area contributed by atoms with Crippen molar-refractivity contribution in [2.24, 2.45) is 5.73 Å². The summed E-state index contributed by atoms with van der Waals surface area (Å²) in [5, 5.41) is 3.15. The molecule has 0 radical (unpaired) electrons. The van der Waals surface area contributed by atoms with Gasteiger partial charge in [0.2, 0.25) is 5.91 Å². The topological polar surface area (TPSA) is 58.4 Å². The van der Waals surface area contributed by atoms with Gasteiger partial charge in [-0.15, -0.1) is 0 Å². The molecule has 1 heterocycles. The van der Waals surface area contributed by atoms with Gasteiger partial charge in [0.1, 0.15) is 0 Å². The van der Waals surface area contributed by atoms with Crippen molar-refractivity contribution in [2.75, 3.05) is 20.1 Å². The summed E-state index contributed by atoms with van der Waals surface area (Å²) in [5.41, 5.74) is 5.49. The first-order valence-electron chi connectivity index (χ1n) is 4.36. The Balaban J connectivity index is 2.41. The summed E-state index contributed by atoms with van der Waals surface area (Å²) in [4.78, 5) is 13.2. The number of hydrogen-bond acceptors (Lipinski definition) is 3. The van der Waals surface area contributed by atoms with Gasteiger partial charge < -0.3 is 16.0 Å². The molecule has 2 atom stereocenters. The number of rotatable bonds is 2. The largest absolute Gasteiger partial charge is 0.340 e. The number of likely N-dealkylation sites (N-methyl/N-ethyl adjacent to an activating group) is 1. The number of amides is 1. The molecule has 0 aliphatic carbocycles. The van der Waals surface area contributed by atoms with Gasteiger partial charge in [-0.1, -0.05) is 0 Å². The van der Waals surface area contributed by atoms with Gasteiger partial charge in [-0.2, -0.15) is 0 Å². The first-order valence-corrected chi connectivity index (χ1v) is 4.36. The van der Waals surface area contributed by atoms with Crippen molar-refractivity contribution in [1.29, 1.82) is 0 Å². The van der Waals surface area contributed by atoms with Crippen molar-refractivity contribution < 1.29 is 4.79 Å². The SMILES string of the molecule is CNC1CCN(C(=O)[C@@H](C)N)C1. The van der Waals surface area contributed by atoms with Crippen LogP contribution in [0.4, 0.5) is 0 Å². The molecule has 1 rings (SSSR count). The van der Waals surface area contributed by atoms with Gasteiger partial charge in [0.25, 0.3) is 0 Å². The molecule has 1 aliphatic heterocycles. The highest BCUT2D eigenvalue weighted by molar-refractivity contribution is 5.81. The van der Waals surface area contributed by atoms with E-state index in [4.69, 9.17) is 5.73 Å². The molecule has 1 unspecified atom stereocenters. The van der Waals surface area contributed by atoms with E-state index in [-0.39, 0.29) is 11.9 Å². The first kappa shape index (κ1) is 9.48. The van der Waals surface area contributed by atoms with E-state index in [9.17, 15) is 4.79 Å². The van der Waals surface area contributed by atoms with Crippen LogP contribution in [0, 0.1) is 0 Å². The van der Waals surface area contributed by atoms with Crippen molar-refractivity contribution in [3.8, 4) is 0 Å². The Labute approximate surface area is 73.1 Å². The van der Waals surface area contributed by atoms with Gasteiger partial charge in [-0.05, 0) is 20.4 Å². The second-order valence-corrected chi connectivity index (χ2v) is 3.35. The number of nitrogens with two attached hydrogens (primary N) is 1. The van der Waals surface area contributed by atoms with Crippen molar-refractivity contribution in [1.82, 2.24) is 10.2 Å². The van der Waals surface area contributed by atoms with Gasteiger partial charge in [0.15, 0.2) is 0 Å². The number of likely N-dealkylation sites (tertiary alicyclic amines) is 1. The minimum atomic E-state index is -0.361.